The lowest BCUT2D eigenvalue weighted by Crippen LogP contribution is -2.47. The summed E-state index contributed by atoms with van der Waals surface area (Å²) in [6.45, 7) is 8.06. The molecule has 0 radical (unpaired) electrons. The Bertz CT molecular complexity index is 749. The molecule has 5 nitrogen and oxygen atoms in total. The van der Waals surface area contributed by atoms with Crippen LogP contribution in [0.2, 0.25) is 0 Å². The van der Waals surface area contributed by atoms with E-state index in [1.165, 1.54) is 6.07 Å². The molecule has 8 heteroatoms. The molecule has 2 amide bonds. The van der Waals surface area contributed by atoms with Gasteiger partial charge in [0, 0.05) is 23.7 Å². The van der Waals surface area contributed by atoms with Crippen LogP contribution in [-0.2, 0) is 11.0 Å². The first kappa shape index (κ1) is 24.2. The minimum atomic E-state index is -4.48. The van der Waals surface area contributed by atoms with Gasteiger partial charge in [0.25, 0.3) is 5.91 Å². The van der Waals surface area contributed by atoms with Crippen LogP contribution < -0.4 is 16.0 Å². The van der Waals surface area contributed by atoms with Crippen molar-refractivity contribution < 1.29 is 22.8 Å². The molecule has 1 aromatic carbocycles. The fourth-order valence-electron chi connectivity index (χ4n) is 3.69. The summed E-state index contributed by atoms with van der Waals surface area (Å²) in [5.74, 6) is -0.237. The lowest BCUT2D eigenvalue weighted by molar-refractivity contribution is -0.137. The molecular formula is C22H32F3N3O2. The van der Waals surface area contributed by atoms with Gasteiger partial charge in [-0.15, -0.1) is 0 Å². The van der Waals surface area contributed by atoms with Crippen molar-refractivity contribution in [3.8, 4) is 0 Å². The Hall–Kier alpha value is -2.09. The zero-order valence-corrected chi connectivity index (χ0v) is 18.1. The Morgan fingerprint density at radius 2 is 1.67 bits per heavy atom. The van der Waals surface area contributed by atoms with Crippen LogP contribution in [0.1, 0.15) is 67.9 Å². The summed E-state index contributed by atoms with van der Waals surface area (Å²) in [6, 6.07) is 3.65. The second-order valence-corrected chi connectivity index (χ2v) is 9.19. The Kier molecular flexibility index (Phi) is 7.91. The van der Waals surface area contributed by atoms with E-state index in [4.69, 9.17) is 0 Å². The highest BCUT2D eigenvalue weighted by atomic mass is 19.4. The molecule has 0 aromatic heterocycles. The number of hydrogen-bond acceptors (Lipinski definition) is 3. The number of rotatable bonds is 6. The summed E-state index contributed by atoms with van der Waals surface area (Å²) in [4.78, 5) is 24.2. The van der Waals surface area contributed by atoms with Gasteiger partial charge in [0.1, 0.15) is 0 Å². The summed E-state index contributed by atoms with van der Waals surface area (Å²) >= 11 is 0. The molecule has 1 fully saturated rings. The normalized spacial score (nSPS) is 20.0. The topological polar surface area (TPSA) is 70.2 Å². The molecule has 1 aliphatic rings. The zero-order chi connectivity index (χ0) is 22.5. The van der Waals surface area contributed by atoms with Crippen molar-refractivity contribution in [1.82, 2.24) is 16.0 Å². The van der Waals surface area contributed by atoms with Crippen LogP contribution >= 0.6 is 0 Å². The van der Waals surface area contributed by atoms with E-state index in [9.17, 15) is 22.8 Å². The Labute approximate surface area is 176 Å². The van der Waals surface area contributed by atoms with Crippen molar-refractivity contribution in [3.05, 3.63) is 34.9 Å². The van der Waals surface area contributed by atoms with Crippen LogP contribution in [0.3, 0.4) is 0 Å². The van der Waals surface area contributed by atoms with Crippen molar-refractivity contribution >= 4 is 11.8 Å². The second kappa shape index (κ2) is 9.81. The largest absolute Gasteiger partial charge is 0.416 e. The van der Waals surface area contributed by atoms with Gasteiger partial charge < -0.3 is 16.0 Å². The number of hydrogen-bond donors (Lipinski definition) is 3. The maximum atomic E-state index is 13.0. The first-order chi connectivity index (χ1) is 13.8. The summed E-state index contributed by atoms with van der Waals surface area (Å²) < 4.78 is 38.9. The number of aryl methyl sites for hydroxylation is 1. The first-order valence-corrected chi connectivity index (χ1v) is 10.3. The smallest absolute Gasteiger partial charge is 0.352 e. The third kappa shape index (κ3) is 7.97. The highest BCUT2D eigenvalue weighted by Gasteiger charge is 2.31. The zero-order valence-electron chi connectivity index (χ0n) is 18.1. The van der Waals surface area contributed by atoms with Crippen LogP contribution in [0.15, 0.2) is 18.2 Å². The van der Waals surface area contributed by atoms with E-state index in [1.807, 2.05) is 20.8 Å². The van der Waals surface area contributed by atoms with Crippen molar-refractivity contribution in [1.29, 1.82) is 0 Å². The third-order valence-corrected chi connectivity index (χ3v) is 5.13. The Morgan fingerprint density at radius 1 is 1.03 bits per heavy atom. The quantitative estimate of drug-likeness (QED) is 0.647. The minimum absolute atomic E-state index is 0.0301. The molecule has 0 atom stereocenters. The number of carbonyl (C=O) groups excluding carboxylic acids is 2. The van der Waals surface area contributed by atoms with Gasteiger partial charge in [-0.05, 0) is 83.1 Å². The number of benzene rings is 1. The first-order valence-electron chi connectivity index (χ1n) is 10.3. The molecule has 168 valence electrons. The molecular weight excluding hydrogens is 395 g/mol. The monoisotopic (exact) mass is 427 g/mol. The van der Waals surface area contributed by atoms with E-state index < -0.39 is 17.6 Å². The van der Waals surface area contributed by atoms with E-state index in [1.54, 1.807) is 6.92 Å². The maximum absolute atomic E-state index is 13.0. The molecule has 3 N–H and O–H groups in total. The minimum Gasteiger partial charge on any atom is -0.352 e. The summed E-state index contributed by atoms with van der Waals surface area (Å²) in [5.41, 5.74) is -0.637. The van der Waals surface area contributed by atoms with Gasteiger partial charge >= 0.3 is 6.18 Å². The van der Waals surface area contributed by atoms with E-state index >= 15 is 0 Å². The molecule has 2 rings (SSSR count). The molecule has 30 heavy (non-hydrogen) atoms. The lowest BCUT2D eigenvalue weighted by Gasteiger charge is -2.29. The van der Waals surface area contributed by atoms with Crippen LogP contribution in [-0.4, -0.2) is 36.5 Å². The predicted octanol–water partition coefficient (Wildman–Crippen LogP) is 3.81. The fraction of sp³-hybridized carbons (Fsp3) is 0.636. The number of nitrogens with one attached hydrogen (secondary N) is 3. The molecule has 0 unspecified atom stereocenters. The molecule has 0 spiro atoms. The number of alkyl halides is 3. The molecule has 0 saturated heterocycles. The fourth-order valence-corrected chi connectivity index (χ4v) is 3.69. The van der Waals surface area contributed by atoms with Gasteiger partial charge in [0.15, 0.2) is 0 Å². The van der Waals surface area contributed by atoms with Gasteiger partial charge in [0.05, 0.1) is 12.1 Å². The van der Waals surface area contributed by atoms with Crippen LogP contribution in [0.25, 0.3) is 0 Å². The second-order valence-electron chi connectivity index (χ2n) is 9.19. The van der Waals surface area contributed by atoms with Crippen molar-refractivity contribution in [3.63, 3.8) is 0 Å². The Morgan fingerprint density at radius 3 is 2.23 bits per heavy atom. The third-order valence-electron chi connectivity index (χ3n) is 5.13. The number of carbonyl (C=O) groups is 2. The molecule has 1 aromatic rings. The van der Waals surface area contributed by atoms with Gasteiger partial charge in [-0.25, -0.2) is 0 Å². The van der Waals surface area contributed by atoms with Gasteiger partial charge in [-0.1, -0.05) is 0 Å². The highest BCUT2D eigenvalue weighted by molar-refractivity contribution is 5.94. The molecule has 0 heterocycles. The number of halogens is 3. The highest BCUT2D eigenvalue weighted by Crippen LogP contribution is 2.30. The molecule has 0 bridgehead atoms. The average molecular weight is 428 g/mol. The van der Waals surface area contributed by atoms with Crippen LogP contribution in [0.4, 0.5) is 13.2 Å². The van der Waals surface area contributed by atoms with Crippen LogP contribution in [0.5, 0.6) is 0 Å². The molecule has 1 aliphatic carbocycles. The summed E-state index contributed by atoms with van der Waals surface area (Å²) in [5, 5.41) is 8.96. The standard InChI is InChI=1S/C22H32F3N3O2/c1-14-9-16(11-17(10-14)22(23,24)25)20(30)27-12-15-5-7-18(8-6-15)26-13-19(29)28-21(2,3)4/h9-11,15,18,26H,5-8,12-13H2,1-4H3,(H,27,30)(H,28,29)/t15-,18-. The van der Waals surface area contributed by atoms with Crippen molar-refractivity contribution in [2.45, 2.75) is 71.1 Å². The van der Waals surface area contributed by atoms with Gasteiger partial charge in [-0.3, -0.25) is 9.59 Å². The predicted molar refractivity (Wildman–Crippen MR) is 110 cm³/mol. The molecule has 1 saturated carbocycles. The van der Waals surface area contributed by atoms with E-state index in [0.29, 0.717) is 12.1 Å². The van der Waals surface area contributed by atoms with E-state index in [2.05, 4.69) is 16.0 Å². The summed E-state index contributed by atoms with van der Waals surface area (Å²) in [6.07, 6.45) is -0.908. The SMILES string of the molecule is Cc1cc(C(=O)NC[C@H]2CC[C@H](NCC(=O)NC(C)(C)C)CC2)cc(C(F)(F)F)c1. The van der Waals surface area contributed by atoms with Crippen LogP contribution in [0, 0.1) is 12.8 Å². The van der Waals surface area contributed by atoms with Gasteiger partial charge in [-0.2, -0.15) is 13.2 Å². The van der Waals surface area contributed by atoms with Crippen molar-refractivity contribution in [2.24, 2.45) is 5.92 Å². The average Bonchev–Trinajstić information content (AvgIpc) is 2.62. The Balaban J connectivity index is 1.76. The summed E-state index contributed by atoms with van der Waals surface area (Å²) in [7, 11) is 0. The number of amides is 2. The van der Waals surface area contributed by atoms with Crippen molar-refractivity contribution in [2.75, 3.05) is 13.1 Å². The van der Waals surface area contributed by atoms with E-state index in [0.717, 1.165) is 37.8 Å². The maximum Gasteiger partial charge on any atom is 0.416 e. The van der Waals surface area contributed by atoms with E-state index in [-0.39, 0.29) is 35.5 Å². The lowest BCUT2D eigenvalue weighted by atomic mass is 9.86. The van der Waals surface area contributed by atoms with Gasteiger partial charge in [0.2, 0.25) is 5.91 Å². The molecule has 0 aliphatic heterocycles.